The van der Waals surface area contributed by atoms with Crippen LogP contribution in [0.25, 0.3) is 0 Å². The first-order valence-corrected chi connectivity index (χ1v) is 7.06. The van der Waals surface area contributed by atoms with Crippen LogP contribution in [-0.4, -0.2) is 15.7 Å². The normalized spacial score (nSPS) is 18.6. The topological polar surface area (TPSA) is 29.4 Å². The van der Waals surface area contributed by atoms with Crippen molar-refractivity contribution in [1.82, 2.24) is 0 Å². The van der Waals surface area contributed by atoms with Crippen molar-refractivity contribution in [1.29, 1.82) is 0 Å². The molecule has 0 aliphatic carbocycles. The molecule has 17 heavy (non-hydrogen) atoms. The number of hydrogen-bond donors (Lipinski definition) is 0. The number of nitrogens with zero attached hydrogens (tertiary/aromatic N) is 1. The summed E-state index contributed by atoms with van der Waals surface area (Å²) in [6, 6.07) is 3.32. The minimum absolute atomic E-state index is 0.405. The average molecular weight is 263 g/mol. The Morgan fingerprint density at radius 2 is 1.94 bits per heavy atom. The van der Waals surface area contributed by atoms with Gasteiger partial charge in [-0.3, -0.25) is 0 Å². The average Bonchev–Trinajstić information content (AvgIpc) is 2.17. The lowest BCUT2D eigenvalue weighted by atomic mass is 10.1. The number of alkyl halides is 3. The Morgan fingerprint density at radius 1 is 1.29 bits per heavy atom. The minimum atomic E-state index is -4.35. The lowest BCUT2D eigenvalue weighted by Gasteiger charge is -2.18. The van der Waals surface area contributed by atoms with Crippen LogP contribution in [0.2, 0.25) is 0 Å². The Balaban J connectivity index is 2.39. The molecule has 0 spiro atoms. The molecule has 0 aromatic heterocycles. The van der Waals surface area contributed by atoms with Gasteiger partial charge in [0.1, 0.15) is 0 Å². The molecule has 0 N–H and O–H groups in total. The van der Waals surface area contributed by atoms with Gasteiger partial charge < -0.3 is 0 Å². The van der Waals surface area contributed by atoms with Crippen molar-refractivity contribution in [3.05, 3.63) is 29.3 Å². The Hall–Kier alpha value is -1.04. The highest BCUT2D eigenvalue weighted by molar-refractivity contribution is 7.95. The maximum atomic E-state index is 12.4. The molecule has 0 amide bonds. The van der Waals surface area contributed by atoms with Crippen LogP contribution in [-0.2, 0) is 15.9 Å². The van der Waals surface area contributed by atoms with E-state index in [9.17, 15) is 17.4 Å². The maximum Gasteiger partial charge on any atom is 0.416 e. The van der Waals surface area contributed by atoms with E-state index in [2.05, 4.69) is 4.36 Å². The first kappa shape index (κ1) is 12.4. The van der Waals surface area contributed by atoms with E-state index < -0.39 is 21.5 Å². The minimum Gasteiger partial charge on any atom is -0.249 e. The molecule has 0 bridgehead atoms. The zero-order valence-electron chi connectivity index (χ0n) is 9.25. The molecule has 0 radical (unpaired) electrons. The Labute approximate surface area is 98.0 Å². The maximum absolute atomic E-state index is 12.4. The van der Waals surface area contributed by atoms with Crippen LogP contribution in [0.5, 0.6) is 0 Å². The first-order valence-electron chi connectivity index (χ1n) is 5.21. The predicted octanol–water partition coefficient (Wildman–Crippen LogP) is 3.52. The molecule has 1 aliphatic heterocycles. The molecule has 1 aliphatic rings. The fourth-order valence-corrected chi connectivity index (χ4v) is 3.12. The van der Waals surface area contributed by atoms with E-state index in [1.165, 1.54) is 6.07 Å². The van der Waals surface area contributed by atoms with Crippen LogP contribution >= 0.6 is 0 Å². The smallest absolute Gasteiger partial charge is 0.249 e. The fraction of sp³-hybridized carbons (Fsp3) is 0.455. The summed E-state index contributed by atoms with van der Waals surface area (Å²) in [5.74, 6) is 1.10. The predicted molar refractivity (Wildman–Crippen MR) is 60.8 cm³/mol. The SMILES string of the molecule is Cc1cc(C(F)(F)F)ccc1N=S1(=O)CCC1. The van der Waals surface area contributed by atoms with Crippen molar-refractivity contribution in [2.24, 2.45) is 4.36 Å². The van der Waals surface area contributed by atoms with Crippen LogP contribution in [0.1, 0.15) is 17.5 Å². The fourth-order valence-electron chi connectivity index (χ4n) is 1.60. The lowest BCUT2D eigenvalue weighted by molar-refractivity contribution is -0.137. The van der Waals surface area contributed by atoms with Gasteiger partial charge in [-0.25, -0.2) is 4.21 Å². The van der Waals surface area contributed by atoms with Crippen LogP contribution in [0, 0.1) is 6.92 Å². The van der Waals surface area contributed by atoms with Gasteiger partial charge in [-0.1, -0.05) is 0 Å². The molecule has 0 unspecified atom stereocenters. The molecular weight excluding hydrogens is 251 g/mol. The van der Waals surface area contributed by atoms with E-state index in [1.807, 2.05) is 0 Å². The summed E-state index contributed by atoms with van der Waals surface area (Å²) in [6.07, 6.45) is -3.47. The van der Waals surface area contributed by atoms with Crippen LogP contribution in [0.3, 0.4) is 0 Å². The number of hydrogen-bond acceptors (Lipinski definition) is 2. The highest BCUT2D eigenvalue weighted by atomic mass is 32.2. The summed E-state index contributed by atoms with van der Waals surface area (Å²) in [5.41, 5.74) is 0.120. The van der Waals surface area contributed by atoms with E-state index in [4.69, 9.17) is 0 Å². The van der Waals surface area contributed by atoms with Crippen LogP contribution in [0.4, 0.5) is 18.9 Å². The van der Waals surface area contributed by atoms with E-state index in [0.717, 1.165) is 18.6 Å². The first-order chi connectivity index (χ1) is 7.80. The Morgan fingerprint density at radius 3 is 2.35 bits per heavy atom. The van der Waals surface area contributed by atoms with E-state index >= 15 is 0 Å². The molecule has 6 heteroatoms. The van der Waals surface area contributed by atoms with Gasteiger partial charge in [0.05, 0.1) is 21.0 Å². The van der Waals surface area contributed by atoms with Gasteiger partial charge in [-0.05, 0) is 37.1 Å². The zero-order valence-corrected chi connectivity index (χ0v) is 10.1. The van der Waals surface area contributed by atoms with Crippen molar-refractivity contribution in [2.75, 3.05) is 11.5 Å². The number of aryl methyl sites for hydroxylation is 1. The Kier molecular flexibility index (Phi) is 2.93. The second-order valence-corrected chi connectivity index (χ2v) is 6.67. The van der Waals surface area contributed by atoms with Crippen molar-refractivity contribution < 1.29 is 17.4 Å². The number of halogens is 3. The zero-order chi connectivity index (χ0) is 12.7. The molecule has 0 atom stereocenters. The van der Waals surface area contributed by atoms with Gasteiger partial charge >= 0.3 is 6.18 Å². The molecule has 1 aromatic rings. The van der Waals surface area contributed by atoms with Gasteiger partial charge in [-0.2, -0.15) is 17.5 Å². The van der Waals surface area contributed by atoms with Crippen molar-refractivity contribution in [3.8, 4) is 0 Å². The molecule has 2 rings (SSSR count). The third-order valence-corrected chi connectivity index (χ3v) is 5.10. The highest BCUT2D eigenvalue weighted by Crippen LogP contribution is 2.33. The molecule has 2 nitrogen and oxygen atoms in total. The molecular formula is C11H12F3NOS. The second kappa shape index (κ2) is 4.01. The summed E-state index contributed by atoms with van der Waals surface area (Å²) in [6.45, 7) is 1.55. The van der Waals surface area contributed by atoms with E-state index in [-0.39, 0.29) is 0 Å². The van der Waals surface area contributed by atoms with E-state index in [0.29, 0.717) is 22.8 Å². The van der Waals surface area contributed by atoms with Gasteiger partial charge in [0, 0.05) is 11.5 Å². The van der Waals surface area contributed by atoms with Gasteiger partial charge in [0.15, 0.2) is 0 Å². The van der Waals surface area contributed by atoms with Crippen LogP contribution < -0.4 is 0 Å². The van der Waals surface area contributed by atoms with E-state index in [1.54, 1.807) is 6.92 Å². The molecule has 1 heterocycles. The standard InChI is InChI=1S/C11H12F3NOS/c1-8-7-9(11(12,13)14)3-4-10(8)15-17(16)5-2-6-17/h3-4,7H,2,5-6H2,1H3. The summed E-state index contributed by atoms with van der Waals surface area (Å²) < 4.78 is 53.2. The van der Waals surface area contributed by atoms with Gasteiger partial charge in [0.25, 0.3) is 0 Å². The van der Waals surface area contributed by atoms with Crippen LogP contribution in [0.15, 0.2) is 22.6 Å². The highest BCUT2D eigenvalue weighted by Gasteiger charge is 2.30. The summed E-state index contributed by atoms with van der Waals surface area (Å²) in [5, 5.41) is 0. The third kappa shape index (κ3) is 2.62. The molecule has 1 aromatic carbocycles. The lowest BCUT2D eigenvalue weighted by Crippen LogP contribution is -2.23. The largest absolute Gasteiger partial charge is 0.416 e. The number of benzene rings is 1. The second-order valence-electron chi connectivity index (χ2n) is 4.12. The van der Waals surface area contributed by atoms with Crippen molar-refractivity contribution in [3.63, 3.8) is 0 Å². The Bertz CT molecular complexity index is 546. The molecule has 1 saturated heterocycles. The van der Waals surface area contributed by atoms with Gasteiger partial charge in [0.2, 0.25) is 0 Å². The van der Waals surface area contributed by atoms with Gasteiger partial charge in [-0.15, -0.1) is 0 Å². The quantitative estimate of drug-likeness (QED) is 0.762. The summed E-state index contributed by atoms with van der Waals surface area (Å²) in [4.78, 5) is 0. The molecule has 94 valence electrons. The summed E-state index contributed by atoms with van der Waals surface area (Å²) >= 11 is 0. The molecule has 0 saturated carbocycles. The molecule has 1 fully saturated rings. The third-order valence-electron chi connectivity index (χ3n) is 2.72. The monoisotopic (exact) mass is 263 g/mol. The van der Waals surface area contributed by atoms with Crippen molar-refractivity contribution >= 4 is 15.4 Å². The summed E-state index contributed by atoms with van der Waals surface area (Å²) in [7, 11) is -2.17. The number of rotatable bonds is 1. The van der Waals surface area contributed by atoms with Crippen molar-refractivity contribution in [2.45, 2.75) is 19.5 Å².